The zero-order valence-corrected chi connectivity index (χ0v) is 13.7. The van der Waals surface area contributed by atoms with E-state index >= 15 is 0 Å². The molecule has 0 aromatic heterocycles. The molecule has 0 saturated heterocycles. The van der Waals surface area contributed by atoms with Crippen molar-refractivity contribution in [3.05, 3.63) is 66.2 Å². The van der Waals surface area contributed by atoms with E-state index < -0.39 is 12.0 Å². The van der Waals surface area contributed by atoms with Crippen LogP contribution in [0.1, 0.15) is 5.56 Å². The topological polar surface area (TPSA) is 66.4 Å². The second-order valence-corrected chi connectivity index (χ2v) is 6.95. The Balaban J connectivity index is 1.88. The third-order valence-corrected chi connectivity index (χ3v) is 5.15. The molecule has 0 saturated carbocycles. The van der Waals surface area contributed by atoms with Crippen LogP contribution in [0.3, 0.4) is 0 Å². The number of benzene rings is 2. The first-order valence-electron chi connectivity index (χ1n) is 6.89. The number of carboxylic acids is 1. The van der Waals surface area contributed by atoms with E-state index in [9.17, 15) is 14.7 Å². The third-order valence-electron chi connectivity index (χ3n) is 3.03. The van der Waals surface area contributed by atoms with Gasteiger partial charge in [-0.3, -0.25) is 0 Å². The number of hydrogen-bond acceptors (Lipinski definition) is 2. The summed E-state index contributed by atoms with van der Waals surface area (Å²) in [6.45, 7) is 0. The molecule has 0 fully saturated rings. The molecular weight excluding hydrogens is 345 g/mol. The van der Waals surface area contributed by atoms with Crippen LogP contribution in [-0.2, 0) is 16.0 Å². The van der Waals surface area contributed by atoms with Gasteiger partial charge in [0, 0.05) is 0 Å². The molecule has 0 radical (unpaired) electrons. The van der Waals surface area contributed by atoms with Crippen LogP contribution < -0.4 is 9.78 Å². The summed E-state index contributed by atoms with van der Waals surface area (Å²) in [5, 5.41) is 12.2. The molecule has 2 aromatic carbocycles. The number of carboxylic acid groups (broad SMARTS) is 1. The Labute approximate surface area is 135 Å². The summed E-state index contributed by atoms with van der Waals surface area (Å²) in [5.74, 6) is -1.23. The van der Waals surface area contributed by atoms with Gasteiger partial charge >= 0.3 is 135 Å². The molecule has 5 heteroatoms. The molecule has 2 rings (SSSR count). The Kier molecular flexibility index (Phi) is 6.19. The van der Waals surface area contributed by atoms with Gasteiger partial charge in [-0.2, -0.15) is 0 Å². The maximum atomic E-state index is 12.0. The summed E-state index contributed by atoms with van der Waals surface area (Å²) in [5.41, 5.74) is 0.892. The average molecular weight is 362 g/mol. The van der Waals surface area contributed by atoms with Crippen molar-refractivity contribution in [2.24, 2.45) is 0 Å². The Morgan fingerprint density at radius 1 is 1.00 bits per heavy atom. The van der Waals surface area contributed by atoms with E-state index in [4.69, 9.17) is 0 Å². The van der Waals surface area contributed by atoms with Crippen molar-refractivity contribution in [3.8, 4) is 0 Å². The molecule has 0 bridgehead atoms. The molecule has 114 valence electrons. The van der Waals surface area contributed by atoms with Crippen molar-refractivity contribution in [1.29, 1.82) is 0 Å². The van der Waals surface area contributed by atoms with Crippen LogP contribution in [0.4, 0.5) is 0 Å². The summed E-state index contributed by atoms with van der Waals surface area (Å²) in [7, 11) is 0. The molecule has 0 aliphatic rings. The van der Waals surface area contributed by atoms with Gasteiger partial charge in [-0.1, -0.05) is 0 Å². The number of amides is 1. The second kappa shape index (κ2) is 8.37. The Hall–Kier alpha value is -2.10. The molecule has 0 unspecified atom stereocenters. The van der Waals surface area contributed by atoms with Gasteiger partial charge in [0.2, 0.25) is 0 Å². The number of carbonyl (C=O) groups excluding carboxylic acids is 1. The van der Waals surface area contributed by atoms with Gasteiger partial charge in [-0.05, 0) is 0 Å². The number of aliphatic carboxylic acids is 1. The monoisotopic (exact) mass is 363 g/mol. The maximum absolute atomic E-state index is 12.0. The van der Waals surface area contributed by atoms with Crippen LogP contribution in [-0.4, -0.2) is 38.0 Å². The first kappa shape index (κ1) is 16.3. The van der Waals surface area contributed by atoms with E-state index in [2.05, 4.69) is 5.32 Å². The van der Waals surface area contributed by atoms with E-state index in [0.29, 0.717) is 11.7 Å². The van der Waals surface area contributed by atoms with Crippen molar-refractivity contribution < 1.29 is 14.7 Å². The van der Waals surface area contributed by atoms with Gasteiger partial charge in [-0.25, -0.2) is 0 Å². The Bertz CT molecular complexity index is 616. The minimum atomic E-state index is -1.01. The number of nitrogens with one attached hydrogen (secondary N) is 1. The third kappa shape index (κ3) is 5.35. The predicted octanol–water partition coefficient (Wildman–Crippen LogP) is 1.25. The molecule has 0 heterocycles. The van der Waals surface area contributed by atoms with Gasteiger partial charge in [0.05, 0.1) is 0 Å². The predicted molar refractivity (Wildman–Crippen MR) is 86.3 cm³/mol. The van der Waals surface area contributed by atoms with E-state index in [0.717, 1.165) is 10.0 Å². The van der Waals surface area contributed by atoms with Crippen molar-refractivity contribution in [3.63, 3.8) is 0 Å². The normalized spacial score (nSPS) is 11.6. The fourth-order valence-electron chi connectivity index (χ4n) is 1.95. The Morgan fingerprint density at radius 3 is 2.18 bits per heavy atom. The zero-order valence-electron chi connectivity index (χ0n) is 11.9. The quantitative estimate of drug-likeness (QED) is 0.729. The van der Waals surface area contributed by atoms with Gasteiger partial charge in [-0.15, -0.1) is 0 Å². The van der Waals surface area contributed by atoms with Gasteiger partial charge in [0.1, 0.15) is 0 Å². The summed E-state index contributed by atoms with van der Waals surface area (Å²) < 4.78 is 1.13. The molecule has 2 aromatic rings. The summed E-state index contributed by atoms with van der Waals surface area (Å²) in [4.78, 5) is 23.3. The fraction of sp³-hybridized carbons (Fsp3) is 0.176. The molecular formula is C17H17NO3Se. The van der Waals surface area contributed by atoms with Crippen LogP contribution in [0.2, 0.25) is 5.32 Å². The fourth-order valence-corrected chi connectivity index (χ4v) is 3.48. The van der Waals surface area contributed by atoms with Crippen molar-refractivity contribution in [2.75, 3.05) is 0 Å². The van der Waals surface area contributed by atoms with Gasteiger partial charge in [0.15, 0.2) is 0 Å². The van der Waals surface area contributed by atoms with Gasteiger partial charge in [0.25, 0.3) is 0 Å². The molecule has 0 aliphatic heterocycles. The van der Waals surface area contributed by atoms with Crippen molar-refractivity contribution >= 4 is 31.3 Å². The van der Waals surface area contributed by atoms with Crippen LogP contribution in [0.5, 0.6) is 0 Å². The summed E-state index contributed by atoms with van der Waals surface area (Å²) in [6, 6.07) is 18.2. The molecule has 0 spiro atoms. The molecule has 1 atom stereocenters. The Morgan fingerprint density at radius 2 is 1.59 bits per heavy atom. The van der Waals surface area contributed by atoms with E-state index in [-0.39, 0.29) is 20.9 Å². The molecule has 4 nitrogen and oxygen atoms in total. The van der Waals surface area contributed by atoms with Crippen LogP contribution >= 0.6 is 0 Å². The second-order valence-electron chi connectivity index (χ2n) is 4.75. The average Bonchev–Trinajstić information content (AvgIpc) is 2.54. The van der Waals surface area contributed by atoms with Crippen molar-refractivity contribution in [1.82, 2.24) is 5.32 Å². The molecule has 2 N–H and O–H groups in total. The SMILES string of the molecule is O=C(C[Se]c1ccccc1)N[C@@H](Cc1ccccc1)C(=O)O. The summed E-state index contributed by atoms with van der Waals surface area (Å²) >= 11 is 0.0150. The first-order chi connectivity index (χ1) is 10.6. The first-order valence-corrected chi connectivity index (χ1v) is 8.96. The standard InChI is InChI=1S/C17H17NO3Se/c19-16(12-22-14-9-5-2-6-10-14)18-15(17(20)21)11-13-7-3-1-4-8-13/h1-10,15H,11-12H2,(H,18,19)(H,20,21)/t15-/m0/s1. The number of hydrogen-bond donors (Lipinski definition) is 2. The molecule has 0 aliphatic carbocycles. The zero-order chi connectivity index (χ0) is 15.8. The summed E-state index contributed by atoms with van der Waals surface area (Å²) in [6.07, 6.45) is 0.292. The van der Waals surface area contributed by atoms with Crippen LogP contribution in [0.25, 0.3) is 0 Å². The minimum absolute atomic E-state index is 0.0150. The number of carbonyl (C=O) groups is 2. The van der Waals surface area contributed by atoms with Crippen molar-refractivity contribution in [2.45, 2.75) is 17.8 Å². The van der Waals surface area contributed by atoms with E-state index in [1.54, 1.807) is 0 Å². The van der Waals surface area contributed by atoms with Crippen LogP contribution in [0.15, 0.2) is 60.7 Å². The van der Waals surface area contributed by atoms with Gasteiger partial charge < -0.3 is 0 Å². The van der Waals surface area contributed by atoms with E-state index in [1.165, 1.54) is 0 Å². The molecule has 1 amide bonds. The van der Waals surface area contributed by atoms with E-state index in [1.807, 2.05) is 60.7 Å². The number of rotatable bonds is 7. The van der Waals surface area contributed by atoms with Crippen LogP contribution in [0, 0.1) is 0 Å². The molecule has 22 heavy (non-hydrogen) atoms.